The molecular weight excluding hydrogens is 479 g/mol. The predicted molar refractivity (Wildman–Crippen MR) is 144 cm³/mol. The van der Waals surface area contributed by atoms with E-state index in [1.807, 2.05) is 37.3 Å². The summed E-state index contributed by atoms with van der Waals surface area (Å²) in [5.74, 6) is 2.05. The number of piperidine rings is 1. The van der Waals surface area contributed by atoms with Crippen molar-refractivity contribution in [2.24, 2.45) is 0 Å². The molecule has 0 spiro atoms. The number of ether oxygens (including phenoxy) is 1. The van der Waals surface area contributed by atoms with Crippen LogP contribution in [0.2, 0.25) is 0 Å². The number of nitrogens with one attached hydrogen (secondary N) is 1. The number of aryl methyl sites for hydroxylation is 1. The minimum absolute atomic E-state index is 0.226. The van der Waals surface area contributed by atoms with Crippen molar-refractivity contribution in [3.05, 3.63) is 88.5 Å². The lowest BCUT2D eigenvalue weighted by Gasteiger charge is -2.32. The van der Waals surface area contributed by atoms with Crippen molar-refractivity contribution >= 4 is 17.5 Å². The lowest BCUT2D eigenvalue weighted by molar-refractivity contribution is 0.386. The lowest BCUT2D eigenvalue weighted by Crippen LogP contribution is -2.34. The minimum atomic E-state index is -0.393. The van der Waals surface area contributed by atoms with Crippen LogP contribution < -0.4 is 9.64 Å². The fraction of sp³-hybridized carbons (Fsp3) is 0.267. The molecule has 2 aromatic heterocycles. The quantitative estimate of drug-likeness (QED) is 0.375. The van der Waals surface area contributed by atoms with Gasteiger partial charge in [0.1, 0.15) is 18.0 Å². The van der Waals surface area contributed by atoms with Crippen LogP contribution in [-0.4, -0.2) is 40.1 Å². The van der Waals surface area contributed by atoms with Crippen molar-refractivity contribution in [2.45, 2.75) is 32.1 Å². The summed E-state index contributed by atoms with van der Waals surface area (Å²) in [6.45, 7) is 3.70. The predicted octanol–water partition coefficient (Wildman–Crippen LogP) is 5.68. The Labute approximate surface area is 220 Å². The topological polar surface area (TPSA) is 90.7 Å². The average molecular weight is 507 g/mol. The van der Waals surface area contributed by atoms with Crippen LogP contribution in [0.4, 0.5) is 10.2 Å². The summed E-state index contributed by atoms with van der Waals surface area (Å²) in [6, 6.07) is 14.8. The van der Waals surface area contributed by atoms with E-state index in [9.17, 15) is 4.39 Å². The van der Waals surface area contributed by atoms with Crippen molar-refractivity contribution in [3.63, 3.8) is 0 Å². The summed E-state index contributed by atoms with van der Waals surface area (Å²) in [4.78, 5) is 19.9. The van der Waals surface area contributed by atoms with Gasteiger partial charge in [0.2, 0.25) is 0 Å². The standard InChI is InChI=1S/C30H27FN6O/c1-18-28(22-7-8-27(38-2)25(31)14-22)36-29(35-18)21-9-11-37(12-10-21)30-24-13-23(15-26(24)33-17-34-30)20-5-3-19(16-32)4-6-20/h3-8,13-14,17,21H,9-12,15H2,1-2H3,(H,35,36). The highest BCUT2D eigenvalue weighted by Gasteiger charge is 2.28. The van der Waals surface area contributed by atoms with E-state index in [2.05, 4.69) is 32.0 Å². The smallest absolute Gasteiger partial charge is 0.165 e. The van der Waals surface area contributed by atoms with Crippen LogP contribution >= 0.6 is 0 Å². The van der Waals surface area contributed by atoms with Gasteiger partial charge >= 0.3 is 0 Å². The fourth-order valence-corrected chi connectivity index (χ4v) is 5.45. The van der Waals surface area contributed by atoms with Crippen LogP contribution in [0.15, 0.2) is 48.8 Å². The molecule has 0 amide bonds. The molecule has 1 saturated heterocycles. The molecule has 38 heavy (non-hydrogen) atoms. The zero-order chi connectivity index (χ0) is 26.2. The van der Waals surface area contributed by atoms with E-state index < -0.39 is 5.82 Å². The maximum absolute atomic E-state index is 14.3. The van der Waals surface area contributed by atoms with E-state index in [1.165, 1.54) is 18.7 Å². The molecule has 1 aliphatic carbocycles. The van der Waals surface area contributed by atoms with Crippen LogP contribution in [0.1, 0.15) is 52.7 Å². The van der Waals surface area contributed by atoms with Crippen molar-refractivity contribution in [1.82, 2.24) is 19.9 Å². The molecule has 6 rings (SSSR count). The normalized spacial score (nSPS) is 15.2. The van der Waals surface area contributed by atoms with E-state index in [1.54, 1.807) is 12.4 Å². The molecular formula is C30H27FN6O. The van der Waals surface area contributed by atoms with Gasteiger partial charge in [0.05, 0.1) is 30.1 Å². The molecule has 0 atom stereocenters. The molecule has 4 aromatic rings. The average Bonchev–Trinajstić information content (AvgIpc) is 3.57. The number of imidazole rings is 1. The number of halogens is 1. The summed E-state index contributed by atoms with van der Waals surface area (Å²) in [7, 11) is 1.46. The van der Waals surface area contributed by atoms with Gasteiger partial charge in [-0.3, -0.25) is 0 Å². The van der Waals surface area contributed by atoms with Crippen LogP contribution in [-0.2, 0) is 6.42 Å². The number of hydrogen-bond acceptors (Lipinski definition) is 6. The SMILES string of the molecule is COc1ccc(-c2nc(C3CCN(c4ncnc5c4C=C(c4ccc(C#N)cc4)C5)CC3)[nH]c2C)cc1F. The van der Waals surface area contributed by atoms with Gasteiger partial charge in [-0.25, -0.2) is 19.3 Å². The molecule has 2 aromatic carbocycles. The highest BCUT2D eigenvalue weighted by atomic mass is 19.1. The Hall–Kier alpha value is -4.51. The fourth-order valence-electron chi connectivity index (χ4n) is 5.45. The van der Waals surface area contributed by atoms with E-state index in [0.29, 0.717) is 11.5 Å². The van der Waals surface area contributed by atoms with Crippen molar-refractivity contribution in [1.29, 1.82) is 5.26 Å². The molecule has 0 radical (unpaired) electrons. The highest BCUT2D eigenvalue weighted by molar-refractivity contribution is 5.91. The zero-order valence-corrected chi connectivity index (χ0v) is 21.3. The summed E-state index contributed by atoms with van der Waals surface area (Å²) in [6.07, 6.45) is 6.48. The summed E-state index contributed by atoms with van der Waals surface area (Å²) in [5.41, 5.74) is 7.52. The van der Waals surface area contributed by atoms with Crippen molar-refractivity contribution < 1.29 is 9.13 Å². The number of aromatic amines is 1. The number of nitrogens with zero attached hydrogens (tertiary/aromatic N) is 5. The third-order valence-electron chi connectivity index (χ3n) is 7.52. The highest BCUT2D eigenvalue weighted by Crippen LogP contribution is 2.37. The van der Waals surface area contributed by atoms with Gasteiger partial charge in [0.15, 0.2) is 11.6 Å². The number of anilines is 1. The minimum Gasteiger partial charge on any atom is -0.494 e. The number of hydrogen-bond donors (Lipinski definition) is 1. The Morgan fingerprint density at radius 2 is 1.84 bits per heavy atom. The monoisotopic (exact) mass is 506 g/mol. The summed E-state index contributed by atoms with van der Waals surface area (Å²) >= 11 is 0. The number of rotatable bonds is 5. The largest absolute Gasteiger partial charge is 0.494 e. The van der Waals surface area contributed by atoms with Crippen molar-refractivity contribution in [3.8, 4) is 23.1 Å². The molecule has 7 nitrogen and oxygen atoms in total. The Balaban J connectivity index is 1.18. The number of H-pyrrole nitrogens is 1. The van der Waals surface area contributed by atoms with Crippen LogP contribution in [0.5, 0.6) is 5.75 Å². The van der Waals surface area contributed by atoms with Gasteiger partial charge in [-0.1, -0.05) is 12.1 Å². The second kappa shape index (κ2) is 9.75. The lowest BCUT2D eigenvalue weighted by atomic mass is 9.96. The molecule has 1 fully saturated rings. The zero-order valence-electron chi connectivity index (χ0n) is 21.3. The summed E-state index contributed by atoms with van der Waals surface area (Å²) in [5, 5.41) is 9.09. The first-order chi connectivity index (χ1) is 18.5. The maximum atomic E-state index is 14.3. The molecule has 1 N–H and O–H groups in total. The van der Waals surface area contributed by atoms with Gasteiger partial charge in [-0.2, -0.15) is 5.26 Å². The maximum Gasteiger partial charge on any atom is 0.165 e. The second-order valence-electron chi connectivity index (χ2n) is 9.80. The van der Waals surface area contributed by atoms with E-state index in [0.717, 1.165) is 77.8 Å². The number of fused-ring (bicyclic) bond motifs is 1. The third-order valence-corrected chi connectivity index (χ3v) is 7.52. The Morgan fingerprint density at radius 1 is 1.08 bits per heavy atom. The molecule has 8 heteroatoms. The number of aromatic nitrogens is 4. The molecule has 0 saturated carbocycles. The van der Waals surface area contributed by atoms with Gasteiger partial charge < -0.3 is 14.6 Å². The first-order valence-electron chi connectivity index (χ1n) is 12.7. The van der Waals surface area contributed by atoms with Crippen LogP contribution in [0, 0.1) is 24.1 Å². The summed E-state index contributed by atoms with van der Waals surface area (Å²) < 4.78 is 19.3. The molecule has 3 heterocycles. The van der Waals surface area contributed by atoms with Gasteiger partial charge in [0.25, 0.3) is 0 Å². The van der Waals surface area contributed by atoms with E-state index in [-0.39, 0.29) is 5.75 Å². The van der Waals surface area contributed by atoms with Gasteiger partial charge in [0, 0.05) is 42.2 Å². The first-order valence-corrected chi connectivity index (χ1v) is 12.7. The molecule has 0 unspecified atom stereocenters. The van der Waals surface area contributed by atoms with Gasteiger partial charge in [-0.15, -0.1) is 0 Å². The van der Waals surface area contributed by atoms with E-state index in [4.69, 9.17) is 15.0 Å². The molecule has 0 bridgehead atoms. The Morgan fingerprint density at radius 3 is 2.55 bits per heavy atom. The molecule has 2 aliphatic rings. The number of allylic oxidation sites excluding steroid dienone is 1. The van der Waals surface area contributed by atoms with Crippen LogP contribution in [0.25, 0.3) is 22.9 Å². The number of nitriles is 1. The number of benzene rings is 2. The van der Waals surface area contributed by atoms with Gasteiger partial charge in [-0.05, 0) is 67.3 Å². The Bertz CT molecular complexity index is 1580. The van der Waals surface area contributed by atoms with Crippen LogP contribution in [0.3, 0.4) is 0 Å². The second-order valence-corrected chi connectivity index (χ2v) is 9.80. The Kier molecular flexibility index (Phi) is 6.12. The van der Waals surface area contributed by atoms with E-state index >= 15 is 0 Å². The van der Waals surface area contributed by atoms with Crippen molar-refractivity contribution in [2.75, 3.05) is 25.1 Å². The third kappa shape index (κ3) is 4.30. The molecule has 1 aliphatic heterocycles. The number of methoxy groups -OCH3 is 1. The molecule has 190 valence electrons. The first kappa shape index (κ1) is 23.9.